The van der Waals surface area contributed by atoms with Gasteiger partial charge in [0.05, 0.1) is 12.8 Å². The minimum atomic E-state index is -0.660. The number of hydrogen-bond donors (Lipinski definition) is 1. The Kier molecular flexibility index (Phi) is 6.63. The Morgan fingerprint density at radius 2 is 1.82 bits per heavy atom. The van der Waals surface area contributed by atoms with E-state index in [9.17, 15) is 14.4 Å². The summed E-state index contributed by atoms with van der Waals surface area (Å²) in [6.45, 7) is 5.55. The van der Waals surface area contributed by atoms with Gasteiger partial charge in [-0.05, 0) is 50.3 Å². The third-order valence-corrected chi connectivity index (χ3v) is 7.43. The Morgan fingerprint density at radius 1 is 1.15 bits per heavy atom. The fourth-order valence-corrected chi connectivity index (χ4v) is 5.47. The molecule has 0 atom stereocenters. The number of nitrogens with zero attached hydrogens (tertiary/aromatic N) is 3. The lowest BCUT2D eigenvalue weighted by molar-refractivity contribution is -0.116. The smallest absolute Gasteiger partial charge is 0.337 e. The van der Waals surface area contributed by atoms with E-state index in [1.54, 1.807) is 24.3 Å². The monoisotopic (exact) mass is 496 g/mol. The van der Waals surface area contributed by atoms with Gasteiger partial charge in [-0.1, -0.05) is 41.6 Å². The molecule has 8 nitrogen and oxygen atoms in total. The molecule has 0 bridgehead atoms. The molecule has 0 aliphatic carbocycles. The summed E-state index contributed by atoms with van der Waals surface area (Å²) in [4.78, 5) is 44.5. The summed E-state index contributed by atoms with van der Waals surface area (Å²) < 4.78 is 8.59. The Labute approximate surface area is 204 Å². The third-order valence-electron chi connectivity index (χ3n) is 5.41. The lowest BCUT2D eigenvalue weighted by Crippen LogP contribution is -2.40. The zero-order valence-corrected chi connectivity index (χ0v) is 21.1. The molecule has 0 aliphatic rings. The van der Waals surface area contributed by atoms with Gasteiger partial charge in [0.1, 0.15) is 17.0 Å². The number of aromatic nitrogens is 3. The van der Waals surface area contributed by atoms with Crippen molar-refractivity contribution in [3.8, 4) is 11.4 Å². The Morgan fingerprint density at radius 3 is 2.47 bits per heavy atom. The molecule has 0 unspecified atom stereocenters. The molecule has 0 saturated carbocycles. The summed E-state index contributed by atoms with van der Waals surface area (Å²) in [5.41, 5.74) is 3.02. The van der Waals surface area contributed by atoms with E-state index in [0.717, 1.165) is 21.3 Å². The van der Waals surface area contributed by atoms with E-state index >= 15 is 0 Å². The van der Waals surface area contributed by atoms with Crippen molar-refractivity contribution in [1.29, 1.82) is 0 Å². The number of amides is 1. The number of rotatable bonds is 6. The van der Waals surface area contributed by atoms with Crippen LogP contribution in [0.4, 0.5) is 5.69 Å². The highest BCUT2D eigenvalue weighted by molar-refractivity contribution is 8.00. The number of nitrogens with one attached hydrogen (secondary N) is 1. The Balaban J connectivity index is 1.87. The molecule has 1 amide bonds. The van der Waals surface area contributed by atoms with Crippen LogP contribution < -0.4 is 21.3 Å². The number of benzene rings is 2. The molecule has 4 rings (SSSR count). The van der Waals surface area contributed by atoms with Gasteiger partial charge in [0.25, 0.3) is 5.56 Å². The van der Waals surface area contributed by atoms with E-state index in [1.165, 1.54) is 34.8 Å². The molecule has 2 heterocycles. The second-order valence-corrected chi connectivity index (χ2v) is 9.89. The molecule has 1 N–H and O–H groups in total. The SMILES string of the molecule is COc1ccccc1-n1c(=O)c2sc(SC)nc2n(CC(=O)Nc2c(C)cc(C)cc2C)c1=O. The molecule has 0 spiro atoms. The predicted molar refractivity (Wildman–Crippen MR) is 137 cm³/mol. The topological polar surface area (TPSA) is 95.2 Å². The van der Waals surface area contributed by atoms with Gasteiger partial charge in [0, 0.05) is 5.69 Å². The van der Waals surface area contributed by atoms with Crippen molar-refractivity contribution in [2.75, 3.05) is 18.7 Å². The maximum Gasteiger partial charge on any atom is 0.337 e. The number of thiazole rings is 1. The van der Waals surface area contributed by atoms with Crippen molar-refractivity contribution in [2.24, 2.45) is 0 Å². The standard InChI is InChI=1S/C24H24N4O4S2/c1-13-10-14(2)19(15(3)11-13)25-18(29)12-27-21-20(34-23(26-21)33-5)22(30)28(24(27)31)16-8-6-7-9-17(16)32-4/h6-11H,12H2,1-5H3,(H,25,29). The van der Waals surface area contributed by atoms with Gasteiger partial charge in [-0.3, -0.25) is 14.2 Å². The van der Waals surface area contributed by atoms with Gasteiger partial charge < -0.3 is 10.1 Å². The normalized spacial score (nSPS) is 11.1. The van der Waals surface area contributed by atoms with E-state index in [1.807, 2.05) is 39.2 Å². The summed E-state index contributed by atoms with van der Waals surface area (Å²) in [6, 6.07) is 10.7. The highest BCUT2D eigenvalue weighted by atomic mass is 32.2. The van der Waals surface area contributed by atoms with E-state index in [2.05, 4.69) is 10.3 Å². The lowest BCUT2D eigenvalue weighted by atomic mass is 10.1. The summed E-state index contributed by atoms with van der Waals surface area (Å²) in [6.07, 6.45) is 1.84. The van der Waals surface area contributed by atoms with Crippen molar-refractivity contribution in [3.05, 3.63) is 73.9 Å². The molecule has 34 heavy (non-hydrogen) atoms. The zero-order valence-electron chi connectivity index (χ0n) is 19.5. The van der Waals surface area contributed by atoms with Crippen LogP contribution in [0, 0.1) is 20.8 Å². The first kappa shape index (κ1) is 23.8. The molecule has 0 fully saturated rings. The third kappa shape index (κ3) is 4.26. The maximum absolute atomic E-state index is 13.6. The van der Waals surface area contributed by atoms with Crippen LogP contribution in [-0.2, 0) is 11.3 Å². The second kappa shape index (κ2) is 9.47. The van der Waals surface area contributed by atoms with Crippen LogP contribution in [0.3, 0.4) is 0 Å². The molecule has 176 valence electrons. The second-order valence-electron chi connectivity index (χ2n) is 7.84. The largest absolute Gasteiger partial charge is 0.495 e. The number of carbonyl (C=O) groups excluding carboxylic acids is 1. The number of ether oxygens (including phenoxy) is 1. The number of aryl methyl sites for hydroxylation is 3. The lowest BCUT2D eigenvalue weighted by Gasteiger charge is -2.15. The minimum Gasteiger partial charge on any atom is -0.495 e. The summed E-state index contributed by atoms with van der Waals surface area (Å²) in [5, 5.41) is 2.92. The molecule has 4 aromatic rings. The van der Waals surface area contributed by atoms with Gasteiger partial charge in [0.2, 0.25) is 5.91 Å². The molecule has 2 aromatic heterocycles. The van der Waals surface area contributed by atoms with Crippen LogP contribution in [0.1, 0.15) is 16.7 Å². The van der Waals surface area contributed by atoms with Crippen molar-refractivity contribution in [2.45, 2.75) is 31.7 Å². The molecule has 0 aliphatic heterocycles. The number of anilines is 1. The Bertz CT molecular complexity index is 1510. The highest BCUT2D eigenvalue weighted by Gasteiger charge is 2.22. The van der Waals surface area contributed by atoms with Crippen LogP contribution in [0.15, 0.2) is 50.3 Å². The molecule has 0 saturated heterocycles. The average Bonchev–Trinajstić information content (AvgIpc) is 3.24. The minimum absolute atomic E-state index is 0.197. The molecular weight excluding hydrogens is 472 g/mol. The predicted octanol–water partition coefficient (Wildman–Crippen LogP) is 3.90. The van der Waals surface area contributed by atoms with Crippen molar-refractivity contribution >= 4 is 45.0 Å². The molecule has 0 radical (unpaired) electrons. The quantitative estimate of drug-likeness (QED) is 0.407. The summed E-state index contributed by atoms with van der Waals surface area (Å²) in [5.74, 6) is -0.0139. The van der Waals surface area contributed by atoms with Gasteiger partial charge in [-0.15, -0.1) is 11.3 Å². The van der Waals surface area contributed by atoms with E-state index in [-0.39, 0.29) is 18.1 Å². The number of carbonyl (C=O) groups is 1. The first-order chi connectivity index (χ1) is 16.2. The maximum atomic E-state index is 13.6. The van der Waals surface area contributed by atoms with Crippen LogP contribution in [-0.4, -0.2) is 33.4 Å². The van der Waals surface area contributed by atoms with Gasteiger partial charge in [-0.25, -0.2) is 14.3 Å². The molecule has 2 aromatic carbocycles. The molecular formula is C24H24N4O4S2. The van der Waals surface area contributed by atoms with E-state index in [0.29, 0.717) is 26.2 Å². The van der Waals surface area contributed by atoms with Crippen molar-refractivity contribution in [1.82, 2.24) is 14.1 Å². The zero-order chi connectivity index (χ0) is 24.6. The van der Waals surface area contributed by atoms with Crippen molar-refractivity contribution < 1.29 is 9.53 Å². The van der Waals surface area contributed by atoms with Crippen LogP contribution in [0.2, 0.25) is 0 Å². The fourth-order valence-electron chi connectivity index (χ4n) is 3.97. The Hall–Kier alpha value is -3.37. The van der Waals surface area contributed by atoms with Crippen LogP contribution in [0.25, 0.3) is 16.0 Å². The van der Waals surface area contributed by atoms with Crippen molar-refractivity contribution in [3.63, 3.8) is 0 Å². The molecule has 10 heteroatoms. The van der Waals surface area contributed by atoms with E-state index in [4.69, 9.17) is 4.74 Å². The highest BCUT2D eigenvalue weighted by Crippen LogP contribution is 2.27. The number of hydrogen-bond acceptors (Lipinski definition) is 7. The van der Waals surface area contributed by atoms with Crippen LogP contribution in [0.5, 0.6) is 5.75 Å². The fraction of sp³-hybridized carbons (Fsp3) is 0.250. The summed E-state index contributed by atoms with van der Waals surface area (Å²) in [7, 11) is 1.47. The first-order valence-electron chi connectivity index (χ1n) is 10.5. The van der Waals surface area contributed by atoms with Gasteiger partial charge >= 0.3 is 5.69 Å². The summed E-state index contributed by atoms with van der Waals surface area (Å²) >= 11 is 2.57. The number of thioether (sulfide) groups is 1. The van der Waals surface area contributed by atoms with Gasteiger partial charge in [0.15, 0.2) is 9.99 Å². The van der Waals surface area contributed by atoms with Gasteiger partial charge in [-0.2, -0.15) is 0 Å². The van der Waals surface area contributed by atoms with E-state index < -0.39 is 11.2 Å². The number of methoxy groups -OCH3 is 1. The number of fused-ring (bicyclic) bond motifs is 1. The average molecular weight is 497 g/mol. The van der Waals surface area contributed by atoms with Crippen LogP contribution >= 0.6 is 23.1 Å². The number of para-hydroxylation sites is 2. The first-order valence-corrected chi connectivity index (χ1v) is 12.5.